The Hall–Kier alpha value is -3.81. The van der Waals surface area contributed by atoms with Crippen LogP contribution in [0.4, 0.5) is 0 Å². The summed E-state index contributed by atoms with van der Waals surface area (Å²) in [7, 11) is 0. The Morgan fingerprint density at radius 3 is 2.64 bits per heavy atom. The number of aliphatic imine (C=N–C) groups is 1. The number of nitrogens with zero attached hydrogens (tertiary/aromatic N) is 2. The molecular formula is C31H42N4O4. The first-order chi connectivity index (χ1) is 19.0. The second-order valence-electron chi connectivity index (χ2n) is 9.02. The fourth-order valence-corrected chi connectivity index (χ4v) is 4.80. The standard InChI is InChI=1S/C27H30N4O4.2C2H6/c1-2-34-23-10-8-18-14-19(23)16-31-25(32)15-20(29-27(31)28)6-4-3-5-17-7-9-24-21(13-17)22(11-12-35-24)30-26(18)33;2*1-2/h3,5,7-10,13-14,20,22H,2,4,6,11-12,15-16H2,1H3,(H2,28,29)(H,30,33);2*1-2H3/b5-3+;;. The second-order valence-corrected chi connectivity index (χ2v) is 9.02. The summed E-state index contributed by atoms with van der Waals surface area (Å²) in [6.07, 6.45) is 6.65. The molecule has 2 amide bonds. The highest BCUT2D eigenvalue weighted by molar-refractivity contribution is 5.99. The molecule has 0 spiro atoms. The third-order valence-corrected chi connectivity index (χ3v) is 6.61. The lowest BCUT2D eigenvalue weighted by Gasteiger charge is -2.30. The predicted octanol–water partition coefficient (Wildman–Crippen LogP) is 5.61. The van der Waals surface area contributed by atoms with Gasteiger partial charge in [-0.05, 0) is 55.7 Å². The van der Waals surface area contributed by atoms with Crippen molar-refractivity contribution in [2.75, 3.05) is 13.2 Å². The molecule has 4 aliphatic heterocycles. The molecule has 4 aliphatic rings. The summed E-state index contributed by atoms with van der Waals surface area (Å²) in [5, 5.41) is 3.17. The zero-order valence-electron chi connectivity index (χ0n) is 23.8. The van der Waals surface area contributed by atoms with Gasteiger partial charge in [0.1, 0.15) is 11.5 Å². The summed E-state index contributed by atoms with van der Waals surface area (Å²) in [5.74, 6) is 1.35. The number of carbonyl (C=O) groups is 2. The molecule has 2 aromatic rings. The van der Waals surface area contributed by atoms with Gasteiger partial charge in [0.05, 0.1) is 31.8 Å². The third kappa shape index (κ3) is 7.19. The number of benzene rings is 2. The molecule has 8 heteroatoms. The molecule has 2 atom stereocenters. The van der Waals surface area contributed by atoms with Gasteiger partial charge in [0.2, 0.25) is 5.91 Å². The summed E-state index contributed by atoms with van der Waals surface area (Å²) in [6, 6.07) is 11.0. The van der Waals surface area contributed by atoms with Crippen molar-refractivity contribution in [3.05, 3.63) is 64.7 Å². The van der Waals surface area contributed by atoms with Crippen LogP contribution in [-0.2, 0) is 11.3 Å². The van der Waals surface area contributed by atoms with Gasteiger partial charge in [-0.2, -0.15) is 0 Å². The average Bonchev–Trinajstić information content (AvgIpc) is 2.96. The molecule has 0 aromatic heterocycles. The van der Waals surface area contributed by atoms with Crippen LogP contribution in [0, 0.1) is 0 Å². The van der Waals surface area contributed by atoms with Crippen LogP contribution in [0.1, 0.15) is 93.4 Å². The lowest BCUT2D eigenvalue weighted by molar-refractivity contribution is -0.128. The Kier molecular flexibility index (Phi) is 11.0. The maximum atomic E-state index is 13.3. The normalized spacial score (nSPS) is 20.8. The van der Waals surface area contributed by atoms with Gasteiger partial charge in [-0.3, -0.25) is 14.5 Å². The molecule has 3 N–H and O–H groups in total. The molecule has 2 unspecified atom stereocenters. The van der Waals surface area contributed by atoms with E-state index in [0.717, 1.165) is 29.7 Å². The minimum Gasteiger partial charge on any atom is -0.494 e. The molecule has 0 saturated carbocycles. The Balaban J connectivity index is 0.00000100. The minimum absolute atomic E-state index is 0.0765. The molecule has 6 bridgehead atoms. The van der Waals surface area contributed by atoms with Crippen molar-refractivity contribution >= 4 is 23.8 Å². The van der Waals surface area contributed by atoms with Crippen molar-refractivity contribution in [3.63, 3.8) is 0 Å². The van der Waals surface area contributed by atoms with E-state index in [-0.39, 0.29) is 36.4 Å². The van der Waals surface area contributed by atoms with Gasteiger partial charge in [-0.15, -0.1) is 0 Å². The van der Waals surface area contributed by atoms with E-state index in [1.165, 1.54) is 4.90 Å². The summed E-state index contributed by atoms with van der Waals surface area (Å²) < 4.78 is 11.6. The first-order valence-electron chi connectivity index (χ1n) is 14.2. The van der Waals surface area contributed by atoms with Crippen LogP contribution in [0.25, 0.3) is 6.08 Å². The van der Waals surface area contributed by atoms with Gasteiger partial charge in [0.15, 0.2) is 5.96 Å². The smallest absolute Gasteiger partial charge is 0.251 e. The number of rotatable bonds is 2. The topological polar surface area (TPSA) is 106 Å². The highest BCUT2D eigenvalue weighted by atomic mass is 16.5. The van der Waals surface area contributed by atoms with Crippen molar-refractivity contribution in [1.82, 2.24) is 10.2 Å². The minimum atomic E-state index is -0.194. The number of fused-ring (bicyclic) bond motifs is 4. The van der Waals surface area contributed by atoms with E-state index in [1.807, 2.05) is 46.8 Å². The zero-order chi connectivity index (χ0) is 28.4. The summed E-state index contributed by atoms with van der Waals surface area (Å²) in [6.45, 7) is 11.1. The van der Waals surface area contributed by atoms with E-state index in [1.54, 1.807) is 18.2 Å². The monoisotopic (exact) mass is 534 g/mol. The van der Waals surface area contributed by atoms with E-state index >= 15 is 0 Å². The lowest BCUT2D eigenvalue weighted by atomic mass is 9.97. The predicted molar refractivity (Wildman–Crippen MR) is 156 cm³/mol. The van der Waals surface area contributed by atoms with Crippen LogP contribution < -0.4 is 20.5 Å². The highest BCUT2D eigenvalue weighted by Crippen LogP contribution is 2.34. The van der Waals surface area contributed by atoms with E-state index < -0.39 is 0 Å². The summed E-state index contributed by atoms with van der Waals surface area (Å²) in [5.41, 5.74) is 9.44. The first-order valence-corrected chi connectivity index (χ1v) is 14.2. The molecule has 210 valence electrons. The SMILES string of the molecule is CC.CC.CCOc1ccc2cc1CN1C(=O)CC(CC/C=C/c3ccc4c(c3)C(CCO4)NC2=O)N=C1N. The van der Waals surface area contributed by atoms with Gasteiger partial charge in [-0.25, -0.2) is 4.99 Å². The number of nitrogens with one attached hydrogen (secondary N) is 1. The van der Waals surface area contributed by atoms with Crippen molar-refractivity contribution in [3.8, 4) is 11.5 Å². The van der Waals surface area contributed by atoms with Crippen LogP contribution in [0.5, 0.6) is 11.5 Å². The molecule has 39 heavy (non-hydrogen) atoms. The Labute approximate surface area is 232 Å². The molecule has 0 fully saturated rings. The van der Waals surface area contributed by atoms with Crippen LogP contribution >= 0.6 is 0 Å². The van der Waals surface area contributed by atoms with Crippen molar-refractivity contribution in [2.24, 2.45) is 10.7 Å². The van der Waals surface area contributed by atoms with Crippen molar-refractivity contribution < 1.29 is 19.1 Å². The first kappa shape index (κ1) is 29.7. The number of allylic oxidation sites excluding steroid dienone is 1. The Morgan fingerprint density at radius 2 is 1.90 bits per heavy atom. The number of amides is 2. The number of hydrogen-bond donors (Lipinski definition) is 2. The van der Waals surface area contributed by atoms with Crippen molar-refractivity contribution in [1.29, 1.82) is 0 Å². The van der Waals surface area contributed by atoms with E-state index in [9.17, 15) is 9.59 Å². The second kappa shape index (κ2) is 14.4. The maximum absolute atomic E-state index is 13.3. The Morgan fingerprint density at radius 1 is 1.10 bits per heavy atom. The van der Waals surface area contributed by atoms with Gasteiger partial charge in [0, 0.05) is 29.5 Å². The van der Waals surface area contributed by atoms with Gasteiger partial charge >= 0.3 is 0 Å². The fourth-order valence-electron chi connectivity index (χ4n) is 4.80. The number of carbonyl (C=O) groups excluding carboxylic acids is 2. The molecule has 0 aliphatic carbocycles. The third-order valence-electron chi connectivity index (χ3n) is 6.61. The van der Waals surface area contributed by atoms with Gasteiger partial charge < -0.3 is 20.5 Å². The molecule has 8 nitrogen and oxygen atoms in total. The number of nitrogens with two attached hydrogens (primary N) is 1. The molecular weight excluding hydrogens is 492 g/mol. The molecule has 6 rings (SSSR count). The van der Waals surface area contributed by atoms with E-state index in [4.69, 9.17) is 15.2 Å². The number of hydrogen-bond acceptors (Lipinski definition) is 6. The highest BCUT2D eigenvalue weighted by Gasteiger charge is 2.29. The number of guanidine groups is 1. The van der Waals surface area contributed by atoms with E-state index in [2.05, 4.69) is 28.5 Å². The maximum Gasteiger partial charge on any atom is 0.251 e. The van der Waals surface area contributed by atoms with Crippen LogP contribution in [0.3, 0.4) is 0 Å². The average molecular weight is 535 g/mol. The number of ether oxygens (including phenoxy) is 2. The quantitative estimate of drug-likeness (QED) is 0.521. The van der Waals surface area contributed by atoms with Crippen LogP contribution in [-0.4, -0.2) is 41.9 Å². The lowest BCUT2D eigenvalue weighted by Crippen LogP contribution is -2.46. The summed E-state index contributed by atoms with van der Waals surface area (Å²) >= 11 is 0. The zero-order valence-corrected chi connectivity index (χ0v) is 23.8. The largest absolute Gasteiger partial charge is 0.494 e. The Bertz CT molecular complexity index is 1210. The van der Waals surface area contributed by atoms with Gasteiger partial charge in [-0.1, -0.05) is 45.9 Å². The van der Waals surface area contributed by atoms with E-state index in [0.29, 0.717) is 42.9 Å². The molecule has 2 aromatic carbocycles. The fraction of sp³-hybridized carbons (Fsp3) is 0.452. The summed E-state index contributed by atoms with van der Waals surface area (Å²) in [4.78, 5) is 32.3. The van der Waals surface area contributed by atoms with Crippen LogP contribution in [0.15, 0.2) is 47.5 Å². The molecule has 0 saturated heterocycles. The van der Waals surface area contributed by atoms with Gasteiger partial charge in [0.25, 0.3) is 5.91 Å². The van der Waals surface area contributed by atoms with Crippen molar-refractivity contribution in [2.45, 2.75) is 78.9 Å². The molecule has 0 radical (unpaired) electrons. The van der Waals surface area contributed by atoms with Crippen LogP contribution in [0.2, 0.25) is 0 Å². The molecule has 4 heterocycles.